The zero-order valence-electron chi connectivity index (χ0n) is 18.5. The van der Waals surface area contributed by atoms with Crippen molar-refractivity contribution in [2.45, 2.75) is 78.4 Å². The summed E-state index contributed by atoms with van der Waals surface area (Å²) in [6.07, 6.45) is -1.25. The third-order valence-electron chi connectivity index (χ3n) is 4.18. The number of carbonyl (C=O) groups excluding carboxylic acids is 6. The first-order chi connectivity index (χ1) is 14.2. The van der Waals surface area contributed by atoms with Crippen molar-refractivity contribution in [3.05, 3.63) is 0 Å². The zero-order chi connectivity index (χ0) is 24.0. The maximum absolute atomic E-state index is 12.3. The zero-order valence-corrected chi connectivity index (χ0v) is 18.5. The maximum Gasteiger partial charge on any atom is 0.534 e. The molecule has 4 amide bonds. The molecule has 1 fully saturated rings. The van der Waals surface area contributed by atoms with Crippen LogP contribution in [-0.4, -0.2) is 63.7 Å². The minimum atomic E-state index is -1.52. The molecule has 174 valence electrons. The topological polar surface area (TPSA) is 146 Å². The number of hydroxylamine groups is 4. The van der Waals surface area contributed by atoms with E-state index in [-0.39, 0.29) is 32.3 Å². The molecule has 31 heavy (non-hydrogen) atoms. The Labute approximate surface area is 179 Å². The lowest BCUT2D eigenvalue weighted by Gasteiger charge is -2.29. The van der Waals surface area contributed by atoms with Crippen molar-refractivity contribution in [1.29, 1.82) is 0 Å². The number of rotatable bonds is 8. The summed E-state index contributed by atoms with van der Waals surface area (Å²) >= 11 is 0. The lowest BCUT2D eigenvalue weighted by Crippen LogP contribution is -2.45. The summed E-state index contributed by atoms with van der Waals surface area (Å²) in [7, 11) is 0. The molecule has 0 aliphatic carbocycles. The quantitative estimate of drug-likeness (QED) is 0.306. The SMILES string of the molecule is CCC(=O)N(OC(=O)C(C)(C)OCCC(C)(C)OC(=O)ON1C(=O)CCC1=O)C(C)=O. The van der Waals surface area contributed by atoms with Crippen molar-refractivity contribution >= 4 is 35.8 Å². The van der Waals surface area contributed by atoms with Gasteiger partial charge in [0, 0.05) is 32.6 Å². The molecular weight excluding hydrogens is 416 g/mol. The molecule has 0 aromatic carbocycles. The van der Waals surface area contributed by atoms with Crippen LogP contribution in [0.5, 0.6) is 0 Å². The van der Waals surface area contributed by atoms with Gasteiger partial charge in [0.2, 0.25) is 0 Å². The third-order valence-corrected chi connectivity index (χ3v) is 4.18. The van der Waals surface area contributed by atoms with Crippen LogP contribution in [0.15, 0.2) is 0 Å². The van der Waals surface area contributed by atoms with Crippen LogP contribution in [0.2, 0.25) is 0 Å². The Balaban J connectivity index is 2.56. The molecule has 1 aliphatic heterocycles. The molecule has 0 atom stereocenters. The molecule has 0 bridgehead atoms. The molecule has 0 spiro atoms. The number of nitrogens with zero attached hydrogens (tertiary/aromatic N) is 2. The highest BCUT2D eigenvalue weighted by molar-refractivity contribution is 6.01. The van der Waals surface area contributed by atoms with Crippen LogP contribution in [-0.2, 0) is 43.1 Å². The molecule has 1 saturated heterocycles. The molecule has 0 radical (unpaired) electrons. The van der Waals surface area contributed by atoms with Crippen LogP contribution < -0.4 is 0 Å². The molecule has 0 aromatic rings. The fraction of sp³-hybridized carbons (Fsp3) is 0.684. The highest BCUT2D eigenvalue weighted by atomic mass is 16.8. The fourth-order valence-corrected chi connectivity index (χ4v) is 2.27. The van der Waals surface area contributed by atoms with Gasteiger partial charge in [-0.25, -0.2) is 9.59 Å². The third kappa shape index (κ3) is 7.63. The van der Waals surface area contributed by atoms with Gasteiger partial charge in [-0.3, -0.25) is 24.0 Å². The van der Waals surface area contributed by atoms with Gasteiger partial charge >= 0.3 is 12.1 Å². The first-order valence-corrected chi connectivity index (χ1v) is 9.66. The number of ether oxygens (including phenoxy) is 2. The second-order valence-corrected chi connectivity index (χ2v) is 7.83. The van der Waals surface area contributed by atoms with Gasteiger partial charge in [0.15, 0.2) is 5.60 Å². The van der Waals surface area contributed by atoms with Crippen molar-refractivity contribution in [2.75, 3.05) is 6.61 Å². The molecule has 12 heteroatoms. The van der Waals surface area contributed by atoms with E-state index in [0.29, 0.717) is 10.1 Å². The highest BCUT2D eigenvalue weighted by Crippen LogP contribution is 2.21. The average molecular weight is 444 g/mol. The normalized spacial score (nSPS) is 14.3. The number of hydrogen-bond acceptors (Lipinski definition) is 10. The highest BCUT2D eigenvalue weighted by Gasteiger charge is 2.37. The van der Waals surface area contributed by atoms with E-state index in [9.17, 15) is 28.8 Å². The molecule has 1 heterocycles. The molecular formula is C19H28N2O10. The molecule has 0 aromatic heterocycles. The molecule has 0 saturated carbocycles. The van der Waals surface area contributed by atoms with Gasteiger partial charge in [-0.05, 0) is 27.7 Å². The summed E-state index contributed by atoms with van der Waals surface area (Å²) in [4.78, 5) is 79.9. The fourth-order valence-electron chi connectivity index (χ4n) is 2.27. The summed E-state index contributed by atoms with van der Waals surface area (Å²) in [5.74, 6) is -3.67. The monoisotopic (exact) mass is 444 g/mol. The number of imide groups is 2. The summed E-state index contributed by atoms with van der Waals surface area (Å²) in [5.41, 5.74) is -2.65. The minimum Gasteiger partial charge on any atom is -0.427 e. The molecule has 12 nitrogen and oxygen atoms in total. The van der Waals surface area contributed by atoms with Gasteiger partial charge in [-0.15, -0.1) is 5.06 Å². The van der Waals surface area contributed by atoms with Crippen LogP contribution in [0.3, 0.4) is 0 Å². The van der Waals surface area contributed by atoms with Gasteiger partial charge in [0.25, 0.3) is 23.6 Å². The summed E-state index contributed by atoms with van der Waals surface area (Å²) in [5, 5.41) is 0.740. The van der Waals surface area contributed by atoms with Crippen molar-refractivity contribution in [1.82, 2.24) is 10.1 Å². The summed E-state index contributed by atoms with van der Waals surface area (Å²) < 4.78 is 10.6. The summed E-state index contributed by atoms with van der Waals surface area (Å²) in [6, 6.07) is 0. The minimum absolute atomic E-state index is 0.0373. The first-order valence-electron chi connectivity index (χ1n) is 9.66. The maximum atomic E-state index is 12.3. The Hall–Kier alpha value is -3.02. The average Bonchev–Trinajstić information content (AvgIpc) is 2.95. The van der Waals surface area contributed by atoms with Gasteiger partial charge < -0.3 is 14.3 Å². The van der Waals surface area contributed by atoms with Gasteiger partial charge in [0.05, 0.1) is 6.61 Å². The standard InChI is InChI=1S/C19H28N2O10/c1-7-13(23)20(12(2)22)30-16(26)19(5,6)28-11-10-18(3,4)29-17(27)31-21-14(24)8-9-15(21)25/h7-11H2,1-6H3. The lowest BCUT2D eigenvalue weighted by molar-refractivity contribution is -0.215. The Morgan fingerprint density at radius 2 is 1.58 bits per heavy atom. The van der Waals surface area contributed by atoms with Crippen LogP contribution in [0, 0.1) is 0 Å². The molecule has 0 N–H and O–H groups in total. The molecule has 0 unspecified atom stereocenters. The van der Waals surface area contributed by atoms with Crippen LogP contribution in [0.25, 0.3) is 0 Å². The summed E-state index contributed by atoms with van der Waals surface area (Å²) in [6.45, 7) is 8.36. The van der Waals surface area contributed by atoms with E-state index in [0.717, 1.165) is 6.92 Å². The van der Waals surface area contributed by atoms with E-state index >= 15 is 0 Å². The van der Waals surface area contributed by atoms with Crippen LogP contribution >= 0.6 is 0 Å². The Bertz CT molecular complexity index is 743. The smallest absolute Gasteiger partial charge is 0.427 e. The second kappa shape index (κ2) is 10.3. The van der Waals surface area contributed by atoms with Crippen LogP contribution in [0.4, 0.5) is 4.79 Å². The van der Waals surface area contributed by atoms with E-state index in [4.69, 9.17) is 14.3 Å². The number of carbonyl (C=O) groups is 6. The predicted molar refractivity (Wildman–Crippen MR) is 101 cm³/mol. The van der Waals surface area contributed by atoms with E-state index in [1.807, 2.05) is 0 Å². The van der Waals surface area contributed by atoms with Crippen molar-refractivity contribution in [2.24, 2.45) is 0 Å². The Morgan fingerprint density at radius 3 is 2.06 bits per heavy atom. The molecule has 1 rings (SSSR count). The van der Waals surface area contributed by atoms with Gasteiger partial charge in [0.1, 0.15) is 5.60 Å². The first kappa shape index (κ1) is 26.0. The number of amides is 4. The van der Waals surface area contributed by atoms with Crippen molar-refractivity contribution in [3.63, 3.8) is 0 Å². The second-order valence-electron chi connectivity index (χ2n) is 7.83. The number of hydrogen-bond donors (Lipinski definition) is 0. The van der Waals surface area contributed by atoms with E-state index in [2.05, 4.69) is 4.84 Å². The lowest BCUT2D eigenvalue weighted by atomic mass is 10.1. The van der Waals surface area contributed by atoms with E-state index in [1.54, 1.807) is 0 Å². The van der Waals surface area contributed by atoms with Crippen molar-refractivity contribution in [3.8, 4) is 0 Å². The largest absolute Gasteiger partial charge is 0.534 e. The van der Waals surface area contributed by atoms with Gasteiger partial charge in [-0.1, -0.05) is 12.0 Å². The van der Waals surface area contributed by atoms with E-state index < -0.39 is 47.0 Å². The Kier molecular flexibility index (Phi) is 8.67. The predicted octanol–water partition coefficient (Wildman–Crippen LogP) is 1.41. The Morgan fingerprint density at radius 1 is 1.03 bits per heavy atom. The van der Waals surface area contributed by atoms with Gasteiger partial charge in [-0.2, -0.15) is 0 Å². The molecule has 1 aliphatic rings. The van der Waals surface area contributed by atoms with Crippen molar-refractivity contribution < 1.29 is 47.9 Å². The van der Waals surface area contributed by atoms with E-state index in [1.165, 1.54) is 34.6 Å². The van der Waals surface area contributed by atoms with Crippen LogP contribution in [0.1, 0.15) is 67.2 Å².